The number of thiol groups is 1. The van der Waals surface area contributed by atoms with Gasteiger partial charge in [-0.3, -0.25) is 0 Å². The fraction of sp³-hybridized carbons (Fsp3) is 0. The third-order valence-corrected chi connectivity index (χ3v) is 3.54. The summed E-state index contributed by atoms with van der Waals surface area (Å²) in [5, 5.41) is 19.4. The lowest BCUT2D eigenvalue weighted by Crippen LogP contribution is -1.77. The number of para-hydroxylation sites is 2. The molecule has 2 aromatic rings. The maximum atomic E-state index is 9.77. The lowest BCUT2D eigenvalue weighted by atomic mass is 10.3. The number of hydrogen-bond donors (Lipinski definition) is 3. The quantitative estimate of drug-likeness (QED) is 0.714. The van der Waals surface area contributed by atoms with Gasteiger partial charge in [-0.2, -0.15) is 0 Å². The van der Waals surface area contributed by atoms with Crippen LogP contribution in [0.5, 0.6) is 11.5 Å². The van der Waals surface area contributed by atoms with E-state index in [2.05, 4.69) is 12.6 Å². The van der Waals surface area contributed by atoms with Crippen LogP contribution in [0.1, 0.15) is 0 Å². The molecule has 0 unspecified atom stereocenters. The maximum Gasteiger partial charge on any atom is 0.142 e. The molecule has 0 fully saturated rings. The number of phenolic OH excluding ortho intramolecular Hbond substituents is 2. The molecule has 82 valence electrons. The van der Waals surface area contributed by atoms with Crippen LogP contribution in [0, 0.1) is 0 Å². The largest absolute Gasteiger partial charge is 0.507 e. The van der Waals surface area contributed by atoms with Gasteiger partial charge in [0, 0.05) is 4.90 Å². The molecule has 0 radical (unpaired) electrons. The van der Waals surface area contributed by atoms with Crippen LogP contribution < -0.4 is 0 Å². The fourth-order valence-corrected chi connectivity index (χ4v) is 2.45. The van der Waals surface area contributed by atoms with E-state index in [-0.39, 0.29) is 11.5 Å². The Balaban J connectivity index is 2.35. The SMILES string of the molecule is Oc1ccccc1Sc1cccc(S)c1O. The van der Waals surface area contributed by atoms with Crippen molar-refractivity contribution >= 4 is 24.4 Å². The Kier molecular flexibility index (Phi) is 3.31. The van der Waals surface area contributed by atoms with E-state index >= 15 is 0 Å². The lowest BCUT2D eigenvalue weighted by molar-refractivity contribution is 0.449. The molecule has 16 heavy (non-hydrogen) atoms. The molecule has 0 amide bonds. The third-order valence-electron chi connectivity index (χ3n) is 2.06. The number of hydrogen-bond acceptors (Lipinski definition) is 4. The van der Waals surface area contributed by atoms with Crippen LogP contribution in [-0.4, -0.2) is 10.2 Å². The second kappa shape index (κ2) is 4.72. The van der Waals surface area contributed by atoms with Crippen LogP contribution in [0.2, 0.25) is 0 Å². The van der Waals surface area contributed by atoms with Crippen molar-refractivity contribution in [3.63, 3.8) is 0 Å². The summed E-state index contributed by atoms with van der Waals surface area (Å²) in [5.74, 6) is 0.343. The highest BCUT2D eigenvalue weighted by Crippen LogP contribution is 2.40. The molecule has 0 saturated carbocycles. The van der Waals surface area contributed by atoms with Crippen LogP contribution in [0.25, 0.3) is 0 Å². The Morgan fingerprint density at radius 2 is 1.56 bits per heavy atom. The van der Waals surface area contributed by atoms with Gasteiger partial charge >= 0.3 is 0 Å². The van der Waals surface area contributed by atoms with Gasteiger partial charge in [-0.25, -0.2) is 0 Å². The fourth-order valence-electron chi connectivity index (χ4n) is 1.26. The molecule has 0 aliphatic carbocycles. The summed E-state index contributed by atoms with van der Waals surface area (Å²) in [7, 11) is 0. The van der Waals surface area contributed by atoms with Crippen LogP contribution >= 0.6 is 24.4 Å². The first-order chi connectivity index (χ1) is 7.68. The average Bonchev–Trinajstić information content (AvgIpc) is 2.28. The van der Waals surface area contributed by atoms with Gasteiger partial charge in [-0.05, 0) is 24.3 Å². The smallest absolute Gasteiger partial charge is 0.142 e. The summed E-state index contributed by atoms with van der Waals surface area (Å²) >= 11 is 5.44. The molecule has 4 heteroatoms. The highest BCUT2D eigenvalue weighted by molar-refractivity contribution is 7.99. The van der Waals surface area contributed by atoms with Gasteiger partial charge in [0.1, 0.15) is 11.5 Å². The van der Waals surface area contributed by atoms with E-state index in [9.17, 15) is 10.2 Å². The molecule has 0 bridgehead atoms. The van der Waals surface area contributed by atoms with Gasteiger partial charge in [-0.15, -0.1) is 12.6 Å². The number of benzene rings is 2. The van der Waals surface area contributed by atoms with Crippen molar-refractivity contribution in [2.45, 2.75) is 14.7 Å². The second-order valence-electron chi connectivity index (χ2n) is 3.19. The van der Waals surface area contributed by atoms with Crippen LogP contribution in [0.15, 0.2) is 57.2 Å². The summed E-state index contributed by atoms with van der Waals surface area (Å²) in [6, 6.07) is 12.3. The molecule has 2 rings (SSSR count). The molecule has 0 spiro atoms. The van der Waals surface area contributed by atoms with Gasteiger partial charge in [0.25, 0.3) is 0 Å². The second-order valence-corrected chi connectivity index (χ2v) is 4.76. The molecular weight excluding hydrogens is 240 g/mol. The Morgan fingerprint density at radius 1 is 0.875 bits per heavy atom. The topological polar surface area (TPSA) is 40.5 Å². The van der Waals surface area contributed by atoms with Crippen molar-refractivity contribution in [3.05, 3.63) is 42.5 Å². The molecule has 0 heterocycles. The molecule has 0 aliphatic heterocycles. The molecule has 0 atom stereocenters. The molecular formula is C12H10O2S2. The predicted molar refractivity (Wildman–Crippen MR) is 67.6 cm³/mol. The van der Waals surface area contributed by atoms with Gasteiger partial charge in [-0.1, -0.05) is 30.0 Å². The van der Waals surface area contributed by atoms with Crippen molar-refractivity contribution in [1.82, 2.24) is 0 Å². The Labute approximate surface area is 103 Å². The first kappa shape index (κ1) is 11.2. The minimum absolute atomic E-state index is 0.138. The highest BCUT2D eigenvalue weighted by atomic mass is 32.2. The van der Waals surface area contributed by atoms with Crippen molar-refractivity contribution < 1.29 is 10.2 Å². The normalized spacial score (nSPS) is 10.3. The van der Waals surface area contributed by atoms with Gasteiger partial charge in [0.05, 0.1) is 9.79 Å². The van der Waals surface area contributed by atoms with Crippen molar-refractivity contribution in [2.24, 2.45) is 0 Å². The van der Waals surface area contributed by atoms with E-state index < -0.39 is 0 Å². The first-order valence-electron chi connectivity index (χ1n) is 4.65. The van der Waals surface area contributed by atoms with E-state index in [1.807, 2.05) is 12.1 Å². The summed E-state index contributed by atoms with van der Waals surface area (Å²) in [5.41, 5.74) is 0. The number of aromatic hydroxyl groups is 2. The Morgan fingerprint density at radius 3 is 2.31 bits per heavy atom. The zero-order valence-electron chi connectivity index (χ0n) is 8.29. The van der Waals surface area contributed by atoms with Crippen LogP contribution in [0.4, 0.5) is 0 Å². The van der Waals surface area contributed by atoms with Gasteiger partial charge in [0.15, 0.2) is 0 Å². The Hall–Kier alpha value is -1.26. The summed E-state index contributed by atoms with van der Waals surface area (Å²) in [6.45, 7) is 0. The minimum atomic E-state index is 0.138. The molecule has 2 nitrogen and oxygen atoms in total. The average molecular weight is 250 g/mol. The lowest BCUT2D eigenvalue weighted by Gasteiger charge is -2.07. The molecule has 0 aromatic heterocycles. The van der Waals surface area contributed by atoms with E-state index in [1.165, 1.54) is 11.8 Å². The standard InChI is InChI=1S/C12H10O2S2/c13-8-4-1-2-6-10(8)16-11-7-3-5-9(15)12(11)14/h1-7,13-15H. The van der Waals surface area contributed by atoms with Crippen molar-refractivity contribution in [1.29, 1.82) is 0 Å². The predicted octanol–water partition coefficient (Wildman–Crippen LogP) is 3.54. The number of rotatable bonds is 2. The van der Waals surface area contributed by atoms with Gasteiger partial charge in [0.2, 0.25) is 0 Å². The number of phenols is 2. The zero-order valence-corrected chi connectivity index (χ0v) is 10.0. The monoisotopic (exact) mass is 250 g/mol. The molecule has 2 N–H and O–H groups in total. The highest BCUT2D eigenvalue weighted by Gasteiger charge is 2.08. The van der Waals surface area contributed by atoms with E-state index in [1.54, 1.807) is 30.3 Å². The van der Waals surface area contributed by atoms with E-state index in [0.29, 0.717) is 14.7 Å². The Bertz CT molecular complexity index is 512. The van der Waals surface area contributed by atoms with Crippen LogP contribution in [-0.2, 0) is 0 Å². The van der Waals surface area contributed by atoms with Crippen molar-refractivity contribution in [2.75, 3.05) is 0 Å². The zero-order chi connectivity index (χ0) is 11.5. The molecule has 2 aromatic carbocycles. The summed E-state index contributed by atoms with van der Waals surface area (Å²) < 4.78 is 0. The van der Waals surface area contributed by atoms with Gasteiger partial charge < -0.3 is 10.2 Å². The first-order valence-corrected chi connectivity index (χ1v) is 5.91. The molecule has 0 aliphatic rings. The minimum Gasteiger partial charge on any atom is -0.507 e. The third kappa shape index (κ3) is 2.28. The summed E-state index contributed by atoms with van der Waals surface area (Å²) in [4.78, 5) is 1.91. The van der Waals surface area contributed by atoms with Crippen LogP contribution in [0.3, 0.4) is 0 Å². The maximum absolute atomic E-state index is 9.77. The van der Waals surface area contributed by atoms with E-state index in [0.717, 1.165) is 0 Å². The van der Waals surface area contributed by atoms with Crippen molar-refractivity contribution in [3.8, 4) is 11.5 Å². The summed E-state index contributed by atoms with van der Waals surface area (Å²) in [6.07, 6.45) is 0. The molecule has 0 saturated heterocycles. The van der Waals surface area contributed by atoms with E-state index in [4.69, 9.17) is 0 Å².